The van der Waals surface area contributed by atoms with Crippen molar-refractivity contribution in [2.45, 2.75) is 18.9 Å². The molecule has 3 N–H and O–H groups in total. The normalized spacial score (nSPS) is 12.4. The summed E-state index contributed by atoms with van der Waals surface area (Å²) in [6.45, 7) is 3.66. The first kappa shape index (κ1) is 9.83. The lowest BCUT2D eigenvalue weighted by atomic mass is 10.1. The van der Waals surface area contributed by atoms with Crippen molar-refractivity contribution in [3.05, 3.63) is 36.9 Å². The lowest BCUT2D eigenvalue weighted by Crippen LogP contribution is -2.28. The van der Waals surface area contributed by atoms with Crippen LogP contribution in [0.4, 0.5) is 0 Å². The highest BCUT2D eigenvalue weighted by atomic mass is 15.2. The summed E-state index contributed by atoms with van der Waals surface area (Å²) in [4.78, 5) is 7.86. The fourth-order valence-electron chi connectivity index (χ4n) is 1.12. The van der Waals surface area contributed by atoms with Crippen LogP contribution in [0.2, 0.25) is 0 Å². The van der Waals surface area contributed by atoms with E-state index in [1.807, 2.05) is 6.08 Å². The average Bonchev–Trinajstić information content (AvgIpc) is 2.21. The summed E-state index contributed by atoms with van der Waals surface area (Å²) < 4.78 is 0. The van der Waals surface area contributed by atoms with Gasteiger partial charge in [0.2, 0.25) is 0 Å². The molecular weight excluding hydrogens is 164 g/mol. The molecule has 0 radical (unpaired) electrons. The van der Waals surface area contributed by atoms with Crippen molar-refractivity contribution in [1.29, 1.82) is 0 Å². The molecule has 4 nitrogen and oxygen atoms in total. The summed E-state index contributed by atoms with van der Waals surface area (Å²) in [6, 6.07) is 0.110. The van der Waals surface area contributed by atoms with Gasteiger partial charge in [-0.05, 0) is 12.8 Å². The van der Waals surface area contributed by atoms with Crippen LogP contribution >= 0.6 is 0 Å². The van der Waals surface area contributed by atoms with Gasteiger partial charge in [-0.1, -0.05) is 6.08 Å². The molecule has 0 saturated heterocycles. The predicted octanol–water partition coefficient (Wildman–Crippen LogP) is 0.947. The van der Waals surface area contributed by atoms with Gasteiger partial charge in [0.15, 0.2) is 0 Å². The first-order valence-electron chi connectivity index (χ1n) is 4.20. The van der Waals surface area contributed by atoms with Gasteiger partial charge in [0, 0.05) is 24.0 Å². The molecule has 1 unspecified atom stereocenters. The van der Waals surface area contributed by atoms with Crippen molar-refractivity contribution in [2.24, 2.45) is 5.84 Å². The van der Waals surface area contributed by atoms with E-state index in [0.717, 1.165) is 18.4 Å². The molecule has 0 saturated carbocycles. The lowest BCUT2D eigenvalue weighted by Gasteiger charge is -2.13. The summed E-state index contributed by atoms with van der Waals surface area (Å²) in [5.41, 5.74) is 3.73. The molecule has 1 rings (SSSR count). The van der Waals surface area contributed by atoms with Gasteiger partial charge in [0.25, 0.3) is 0 Å². The number of rotatable bonds is 5. The Hall–Kier alpha value is -1.26. The maximum Gasteiger partial charge on any atom is 0.115 e. The molecule has 1 aromatic heterocycles. The molecule has 1 heterocycles. The van der Waals surface area contributed by atoms with Crippen LogP contribution in [0.25, 0.3) is 0 Å². The number of allylic oxidation sites excluding steroid dienone is 1. The van der Waals surface area contributed by atoms with E-state index in [0.29, 0.717) is 0 Å². The number of nitrogens with two attached hydrogens (primary N) is 1. The highest BCUT2D eigenvalue weighted by molar-refractivity contribution is 5.08. The van der Waals surface area contributed by atoms with E-state index in [-0.39, 0.29) is 6.04 Å². The zero-order valence-electron chi connectivity index (χ0n) is 7.48. The topological polar surface area (TPSA) is 63.8 Å². The largest absolute Gasteiger partial charge is 0.271 e. The van der Waals surface area contributed by atoms with Crippen LogP contribution in [0.1, 0.15) is 24.4 Å². The fourth-order valence-corrected chi connectivity index (χ4v) is 1.12. The third kappa shape index (κ3) is 2.93. The van der Waals surface area contributed by atoms with Gasteiger partial charge in [0.05, 0.1) is 0 Å². The number of hydrogen-bond acceptors (Lipinski definition) is 4. The Balaban J connectivity index is 2.61. The minimum Gasteiger partial charge on any atom is -0.271 e. The van der Waals surface area contributed by atoms with E-state index in [2.05, 4.69) is 22.0 Å². The summed E-state index contributed by atoms with van der Waals surface area (Å²) >= 11 is 0. The van der Waals surface area contributed by atoms with Crippen LogP contribution in [0.15, 0.2) is 31.4 Å². The summed E-state index contributed by atoms with van der Waals surface area (Å²) in [5.74, 6) is 5.41. The smallest absolute Gasteiger partial charge is 0.115 e. The van der Waals surface area contributed by atoms with E-state index in [1.165, 1.54) is 6.33 Å². The molecular formula is C9H14N4. The SMILES string of the molecule is C=CCCC(NN)c1cncnc1. The van der Waals surface area contributed by atoms with Crippen molar-refractivity contribution in [3.8, 4) is 0 Å². The highest BCUT2D eigenvalue weighted by Crippen LogP contribution is 2.15. The summed E-state index contributed by atoms with van der Waals surface area (Å²) in [5, 5.41) is 0. The molecule has 70 valence electrons. The minimum absolute atomic E-state index is 0.110. The molecule has 1 aromatic rings. The van der Waals surface area contributed by atoms with E-state index in [9.17, 15) is 0 Å². The molecule has 0 amide bonds. The molecule has 0 bridgehead atoms. The third-order valence-corrected chi connectivity index (χ3v) is 1.84. The Kier molecular flexibility index (Phi) is 4.08. The molecule has 0 fully saturated rings. The van der Waals surface area contributed by atoms with Crippen molar-refractivity contribution >= 4 is 0 Å². The molecule has 0 spiro atoms. The van der Waals surface area contributed by atoms with Crippen LogP contribution < -0.4 is 11.3 Å². The second kappa shape index (κ2) is 5.40. The molecule has 13 heavy (non-hydrogen) atoms. The lowest BCUT2D eigenvalue weighted by molar-refractivity contribution is 0.517. The summed E-state index contributed by atoms with van der Waals surface area (Å²) in [7, 11) is 0. The van der Waals surface area contributed by atoms with Crippen molar-refractivity contribution < 1.29 is 0 Å². The molecule has 4 heteroatoms. The zero-order valence-corrected chi connectivity index (χ0v) is 7.48. The van der Waals surface area contributed by atoms with Crippen molar-refractivity contribution in [1.82, 2.24) is 15.4 Å². The molecule has 0 aliphatic rings. The van der Waals surface area contributed by atoms with E-state index in [1.54, 1.807) is 12.4 Å². The first-order valence-corrected chi connectivity index (χ1v) is 4.20. The number of nitrogens with zero attached hydrogens (tertiary/aromatic N) is 2. The highest BCUT2D eigenvalue weighted by Gasteiger charge is 2.07. The molecule has 0 aliphatic heterocycles. The van der Waals surface area contributed by atoms with Gasteiger partial charge in [-0.2, -0.15) is 0 Å². The standard InChI is InChI=1S/C9H14N4/c1-2-3-4-9(13-10)8-5-11-7-12-6-8/h2,5-7,9,13H,1,3-4,10H2. The van der Waals surface area contributed by atoms with Gasteiger partial charge in [-0.15, -0.1) is 6.58 Å². The first-order chi connectivity index (χ1) is 6.38. The van der Waals surface area contributed by atoms with Crippen LogP contribution in [0.5, 0.6) is 0 Å². The average molecular weight is 178 g/mol. The maximum absolute atomic E-state index is 5.41. The number of nitrogens with one attached hydrogen (secondary N) is 1. The Morgan fingerprint density at radius 1 is 1.54 bits per heavy atom. The molecule has 0 aromatic carbocycles. The zero-order chi connectivity index (χ0) is 9.52. The van der Waals surface area contributed by atoms with E-state index >= 15 is 0 Å². The number of hydrogen-bond donors (Lipinski definition) is 2. The van der Waals surface area contributed by atoms with E-state index < -0.39 is 0 Å². The second-order valence-electron chi connectivity index (χ2n) is 2.76. The summed E-state index contributed by atoms with van der Waals surface area (Å²) in [6.07, 6.45) is 8.73. The van der Waals surface area contributed by atoms with Crippen LogP contribution in [-0.4, -0.2) is 9.97 Å². The van der Waals surface area contributed by atoms with Gasteiger partial charge >= 0.3 is 0 Å². The van der Waals surface area contributed by atoms with E-state index in [4.69, 9.17) is 5.84 Å². The Bertz CT molecular complexity index is 247. The fraction of sp³-hybridized carbons (Fsp3) is 0.333. The van der Waals surface area contributed by atoms with Gasteiger partial charge in [-0.25, -0.2) is 9.97 Å². The molecule has 0 aliphatic carbocycles. The Morgan fingerprint density at radius 3 is 2.77 bits per heavy atom. The van der Waals surface area contributed by atoms with Crippen molar-refractivity contribution in [3.63, 3.8) is 0 Å². The van der Waals surface area contributed by atoms with Crippen LogP contribution in [-0.2, 0) is 0 Å². The number of hydrazine groups is 1. The second-order valence-corrected chi connectivity index (χ2v) is 2.76. The Morgan fingerprint density at radius 2 is 2.23 bits per heavy atom. The van der Waals surface area contributed by atoms with Gasteiger partial charge < -0.3 is 0 Å². The molecule has 1 atom stereocenters. The predicted molar refractivity (Wildman–Crippen MR) is 51.5 cm³/mol. The Labute approximate surface area is 77.9 Å². The van der Waals surface area contributed by atoms with Crippen LogP contribution in [0.3, 0.4) is 0 Å². The minimum atomic E-state index is 0.110. The van der Waals surface area contributed by atoms with Gasteiger partial charge in [-0.3, -0.25) is 11.3 Å². The monoisotopic (exact) mass is 178 g/mol. The van der Waals surface area contributed by atoms with Gasteiger partial charge in [0.1, 0.15) is 6.33 Å². The van der Waals surface area contributed by atoms with Crippen molar-refractivity contribution in [2.75, 3.05) is 0 Å². The quantitative estimate of drug-likeness (QED) is 0.400. The van der Waals surface area contributed by atoms with Crippen LogP contribution in [0, 0.1) is 0 Å². The maximum atomic E-state index is 5.41. The number of aromatic nitrogens is 2. The third-order valence-electron chi connectivity index (χ3n) is 1.84.